The van der Waals surface area contributed by atoms with Crippen LogP contribution in [0, 0.1) is 5.92 Å². The van der Waals surface area contributed by atoms with Gasteiger partial charge in [-0.1, -0.05) is 19.9 Å². The molecule has 0 spiro atoms. The van der Waals surface area contributed by atoms with Gasteiger partial charge in [-0.2, -0.15) is 0 Å². The highest BCUT2D eigenvalue weighted by Crippen LogP contribution is 2.22. The lowest BCUT2D eigenvalue weighted by Gasteiger charge is -2.15. The SMILES string of the molecule is CC(C)C(N)c1ccc2oc(=O)n(C)c2c1. The zero-order valence-electron chi connectivity index (χ0n) is 9.73. The minimum Gasteiger partial charge on any atom is -0.408 e. The van der Waals surface area contributed by atoms with Crippen molar-refractivity contribution in [1.29, 1.82) is 0 Å². The highest BCUT2D eigenvalue weighted by molar-refractivity contribution is 5.73. The molecule has 2 rings (SSSR count). The van der Waals surface area contributed by atoms with Crippen LogP contribution in [0.5, 0.6) is 0 Å². The number of nitrogens with two attached hydrogens (primary N) is 1. The minimum absolute atomic E-state index is 0.0191. The topological polar surface area (TPSA) is 61.2 Å². The van der Waals surface area contributed by atoms with E-state index in [-0.39, 0.29) is 11.8 Å². The van der Waals surface area contributed by atoms with Gasteiger partial charge in [-0.3, -0.25) is 4.57 Å². The van der Waals surface area contributed by atoms with E-state index in [1.54, 1.807) is 13.1 Å². The summed E-state index contributed by atoms with van der Waals surface area (Å²) in [7, 11) is 1.69. The van der Waals surface area contributed by atoms with Crippen molar-refractivity contribution in [3.8, 4) is 0 Å². The number of nitrogens with zero attached hydrogens (tertiary/aromatic N) is 1. The Kier molecular flexibility index (Phi) is 2.59. The molecule has 2 aromatic rings. The zero-order chi connectivity index (χ0) is 11.9. The van der Waals surface area contributed by atoms with Crippen LogP contribution < -0.4 is 11.5 Å². The minimum atomic E-state index is -0.342. The smallest absolute Gasteiger partial charge is 0.408 e. The van der Waals surface area contributed by atoms with E-state index in [0.717, 1.165) is 11.1 Å². The lowest BCUT2D eigenvalue weighted by Crippen LogP contribution is -2.16. The van der Waals surface area contributed by atoms with Gasteiger partial charge >= 0.3 is 5.76 Å². The van der Waals surface area contributed by atoms with Gasteiger partial charge in [-0.25, -0.2) is 4.79 Å². The van der Waals surface area contributed by atoms with E-state index in [1.165, 1.54) is 4.57 Å². The van der Waals surface area contributed by atoms with Crippen LogP contribution in [0.1, 0.15) is 25.5 Å². The Bertz CT molecular complexity index is 566. The largest absolute Gasteiger partial charge is 0.419 e. The van der Waals surface area contributed by atoms with Crippen molar-refractivity contribution in [3.05, 3.63) is 34.3 Å². The summed E-state index contributed by atoms with van der Waals surface area (Å²) in [5, 5.41) is 0. The van der Waals surface area contributed by atoms with E-state index in [1.807, 2.05) is 12.1 Å². The molecule has 0 aliphatic rings. The molecular weight excluding hydrogens is 204 g/mol. The standard InChI is InChI=1S/C12H16N2O2/c1-7(2)11(13)8-4-5-10-9(6-8)14(3)12(15)16-10/h4-7,11H,13H2,1-3H3. The van der Waals surface area contributed by atoms with Crippen molar-refractivity contribution < 1.29 is 4.42 Å². The average Bonchev–Trinajstić information content (AvgIpc) is 2.53. The van der Waals surface area contributed by atoms with Crippen LogP contribution in [-0.2, 0) is 7.05 Å². The van der Waals surface area contributed by atoms with Crippen LogP contribution in [0.4, 0.5) is 0 Å². The van der Waals surface area contributed by atoms with Gasteiger partial charge in [0.25, 0.3) is 0 Å². The van der Waals surface area contributed by atoms with E-state index in [0.29, 0.717) is 11.5 Å². The van der Waals surface area contributed by atoms with Gasteiger partial charge in [0.2, 0.25) is 0 Å². The number of oxazole rings is 1. The van der Waals surface area contributed by atoms with Gasteiger partial charge in [0, 0.05) is 13.1 Å². The molecule has 0 aliphatic carbocycles. The van der Waals surface area contributed by atoms with Gasteiger partial charge in [-0.15, -0.1) is 0 Å². The van der Waals surface area contributed by atoms with Crippen molar-refractivity contribution >= 4 is 11.1 Å². The van der Waals surface area contributed by atoms with Crippen molar-refractivity contribution in [1.82, 2.24) is 4.57 Å². The zero-order valence-corrected chi connectivity index (χ0v) is 9.73. The Balaban J connectivity index is 2.59. The van der Waals surface area contributed by atoms with E-state index in [4.69, 9.17) is 10.2 Å². The fourth-order valence-electron chi connectivity index (χ4n) is 1.74. The van der Waals surface area contributed by atoms with Crippen molar-refractivity contribution in [2.45, 2.75) is 19.9 Å². The molecule has 0 saturated heterocycles. The van der Waals surface area contributed by atoms with Crippen LogP contribution in [0.3, 0.4) is 0 Å². The molecule has 0 radical (unpaired) electrons. The van der Waals surface area contributed by atoms with Gasteiger partial charge in [0.15, 0.2) is 5.58 Å². The maximum atomic E-state index is 11.3. The molecule has 0 aliphatic heterocycles. The molecule has 86 valence electrons. The van der Waals surface area contributed by atoms with Crippen LogP contribution in [0.2, 0.25) is 0 Å². The number of benzene rings is 1. The first-order chi connectivity index (χ1) is 7.50. The second kappa shape index (κ2) is 3.79. The Labute approximate surface area is 93.7 Å². The first kappa shape index (κ1) is 11.0. The predicted molar refractivity (Wildman–Crippen MR) is 63.2 cm³/mol. The third-order valence-corrected chi connectivity index (χ3v) is 2.92. The molecule has 1 unspecified atom stereocenters. The van der Waals surface area contributed by atoms with Crippen molar-refractivity contribution in [3.63, 3.8) is 0 Å². The monoisotopic (exact) mass is 220 g/mol. The third kappa shape index (κ3) is 1.65. The highest BCUT2D eigenvalue weighted by atomic mass is 16.4. The van der Waals surface area contributed by atoms with Gasteiger partial charge in [-0.05, 0) is 23.6 Å². The summed E-state index contributed by atoms with van der Waals surface area (Å²) in [6.45, 7) is 4.15. The first-order valence-corrected chi connectivity index (χ1v) is 5.35. The summed E-state index contributed by atoms with van der Waals surface area (Å²) in [6.07, 6.45) is 0. The van der Waals surface area contributed by atoms with Crippen LogP contribution in [0.15, 0.2) is 27.4 Å². The molecular formula is C12H16N2O2. The van der Waals surface area contributed by atoms with E-state index in [9.17, 15) is 4.79 Å². The fourth-order valence-corrected chi connectivity index (χ4v) is 1.74. The average molecular weight is 220 g/mol. The number of aromatic nitrogens is 1. The number of hydrogen-bond acceptors (Lipinski definition) is 3. The maximum absolute atomic E-state index is 11.3. The van der Waals surface area contributed by atoms with Crippen molar-refractivity contribution in [2.24, 2.45) is 18.7 Å². The molecule has 0 fully saturated rings. The fraction of sp³-hybridized carbons (Fsp3) is 0.417. The van der Waals surface area contributed by atoms with Gasteiger partial charge in [0.05, 0.1) is 5.52 Å². The molecule has 4 nitrogen and oxygen atoms in total. The summed E-state index contributed by atoms with van der Waals surface area (Å²) in [5.74, 6) is 0.0200. The molecule has 2 N–H and O–H groups in total. The normalized spacial score (nSPS) is 13.6. The lowest BCUT2D eigenvalue weighted by molar-refractivity contribution is 0.514. The quantitative estimate of drug-likeness (QED) is 0.839. The Morgan fingerprint density at radius 2 is 2.06 bits per heavy atom. The molecule has 16 heavy (non-hydrogen) atoms. The summed E-state index contributed by atoms with van der Waals surface area (Å²) < 4.78 is 6.55. The van der Waals surface area contributed by atoms with Gasteiger partial charge < -0.3 is 10.2 Å². The second-order valence-electron chi connectivity index (χ2n) is 4.42. The number of rotatable bonds is 2. The molecule has 4 heteroatoms. The first-order valence-electron chi connectivity index (χ1n) is 5.35. The number of aryl methyl sites for hydroxylation is 1. The number of fused-ring (bicyclic) bond motifs is 1. The molecule has 1 atom stereocenters. The van der Waals surface area contributed by atoms with E-state index < -0.39 is 0 Å². The molecule has 1 heterocycles. The van der Waals surface area contributed by atoms with E-state index in [2.05, 4.69) is 13.8 Å². The molecule has 0 bridgehead atoms. The van der Waals surface area contributed by atoms with Gasteiger partial charge in [0.1, 0.15) is 0 Å². The lowest BCUT2D eigenvalue weighted by atomic mass is 9.97. The molecule has 1 aromatic carbocycles. The van der Waals surface area contributed by atoms with Crippen molar-refractivity contribution in [2.75, 3.05) is 0 Å². The Morgan fingerprint density at radius 1 is 1.38 bits per heavy atom. The summed E-state index contributed by atoms with van der Waals surface area (Å²) in [6, 6.07) is 5.62. The van der Waals surface area contributed by atoms with Crippen LogP contribution in [-0.4, -0.2) is 4.57 Å². The second-order valence-corrected chi connectivity index (χ2v) is 4.42. The highest BCUT2D eigenvalue weighted by Gasteiger charge is 2.13. The summed E-state index contributed by atoms with van der Waals surface area (Å²) in [5.41, 5.74) is 8.49. The van der Waals surface area contributed by atoms with E-state index >= 15 is 0 Å². The van der Waals surface area contributed by atoms with Crippen LogP contribution in [0.25, 0.3) is 11.1 Å². The molecule has 0 saturated carbocycles. The number of hydrogen-bond donors (Lipinski definition) is 1. The third-order valence-electron chi connectivity index (χ3n) is 2.92. The molecule has 1 aromatic heterocycles. The predicted octanol–water partition coefficient (Wildman–Crippen LogP) is 1.79. The summed E-state index contributed by atoms with van der Waals surface area (Å²) in [4.78, 5) is 11.3. The molecule has 0 amide bonds. The Morgan fingerprint density at radius 3 is 2.69 bits per heavy atom. The summed E-state index contributed by atoms with van der Waals surface area (Å²) >= 11 is 0. The Hall–Kier alpha value is -1.55. The maximum Gasteiger partial charge on any atom is 0.419 e. The van der Waals surface area contributed by atoms with Crippen LogP contribution >= 0.6 is 0 Å².